The maximum Gasteiger partial charge on any atom is 0.259 e. The molecule has 0 spiro atoms. The summed E-state index contributed by atoms with van der Waals surface area (Å²) >= 11 is 3.40. The van der Waals surface area contributed by atoms with Crippen LogP contribution in [0.2, 0.25) is 0 Å². The molecule has 144 valence electrons. The molecule has 0 saturated carbocycles. The van der Waals surface area contributed by atoms with Crippen molar-refractivity contribution in [2.75, 3.05) is 18.5 Å². The van der Waals surface area contributed by atoms with E-state index in [1.54, 1.807) is 36.4 Å². The van der Waals surface area contributed by atoms with Gasteiger partial charge in [0.15, 0.2) is 0 Å². The number of hydrogen-bond donors (Lipinski definition) is 2. The van der Waals surface area contributed by atoms with E-state index in [1.165, 1.54) is 0 Å². The molecule has 0 saturated heterocycles. The first-order chi connectivity index (χ1) is 12.9. The van der Waals surface area contributed by atoms with E-state index in [0.29, 0.717) is 41.6 Å². The van der Waals surface area contributed by atoms with Crippen molar-refractivity contribution in [3.05, 3.63) is 58.1 Å². The lowest BCUT2D eigenvalue weighted by Crippen LogP contribution is -2.26. The van der Waals surface area contributed by atoms with Crippen molar-refractivity contribution in [2.45, 2.75) is 27.2 Å². The molecule has 2 aromatic carbocycles. The van der Waals surface area contributed by atoms with Gasteiger partial charge in [-0.25, -0.2) is 0 Å². The van der Waals surface area contributed by atoms with E-state index in [2.05, 4.69) is 26.6 Å². The Balaban J connectivity index is 2.25. The lowest BCUT2D eigenvalue weighted by Gasteiger charge is -2.15. The molecule has 0 unspecified atom stereocenters. The van der Waals surface area contributed by atoms with Gasteiger partial charge in [-0.2, -0.15) is 0 Å². The Labute approximate surface area is 168 Å². The third-order valence-corrected chi connectivity index (χ3v) is 4.21. The number of anilines is 1. The summed E-state index contributed by atoms with van der Waals surface area (Å²) in [4.78, 5) is 25.2. The zero-order valence-electron chi connectivity index (χ0n) is 15.8. The van der Waals surface area contributed by atoms with Gasteiger partial charge >= 0.3 is 0 Å². The SMILES string of the molecule is CCCNC(=O)c1ccccc1NC(=O)c1cc(Br)ccc1OCC(C)C. The Kier molecular flexibility index (Phi) is 7.85. The highest BCUT2D eigenvalue weighted by Crippen LogP contribution is 2.25. The normalized spacial score (nSPS) is 10.6. The molecule has 0 atom stereocenters. The van der Waals surface area contributed by atoms with Gasteiger partial charge in [-0.05, 0) is 42.7 Å². The van der Waals surface area contributed by atoms with Crippen molar-refractivity contribution in [3.63, 3.8) is 0 Å². The van der Waals surface area contributed by atoms with Gasteiger partial charge in [0, 0.05) is 11.0 Å². The predicted molar refractivity (Wildman–Crippen MR) is 111 cm³/mol. The van der Waals surface area contributed by atoms with Crippen LogP contribution < -0.4 is 15.4 Å². The molecule has 5 nitrogen and oxygen atoms in total. The minimum atomic E-state index is -0.328. The average Bonchev–Trinajstić information content (AvgIpc) is 2.65. The molecule has 2 rings (SSSR count). The van der Waals surface area contributed by atoms with Crippen molar-refractivity contribution in [2.24, 2.45) is 5.92 Å². The fourth-order valence-corrected chi connectivity index (χ4v) is 2.74. The molecule has 27 heavy (non-hydrogen) atoms. The van der Waals surface area contributed by atoms with Crippen LogP contribution in [0.1, 0.15) is 47.9 Å². The maximum absolute atomic E-state index is 12.9. The van der Waals surface area contributed by atoms with Gasteiger partial charge in [-0.3, -0.25) is 9.59 Å². The molecule has 0 radical (unpaired) electrons. The summed E-state index contributed by atoms with van der Waals surface area (Å²) in [5.74, 6) is 0.314. The summed E-state index contributed by atoms with van der Waals surface area (Å²) in [6.45, 7) is 7.17. The van der Waals surface area contributed by atoms with E-state index >= 15 is 0 Å². The summed E-state index contributed by atoms with van der Waals surface area (Å²) in [5, 5.41) is 5.67. The smallest absolute Gasteiger partial charge is 0.259 e. The van der Waals surface area contributed by atoms with Crippen LogP contribution in [-0.4, -0.2) is 25.0 Å². The monoisotopic (exact) mass is 432 g/mol. The van der Waals surface area contributed by atoms with Crippen LogP contribution in [0.3, 0.4) is 0 Å². The van der Waals surface area contributed by atoms with Gasteiger partial charge < -0.3 is 15.4 Å². The molecule has 0 aliphatic rings. The molecule has 0 heterocycles. The standard InChI is InChI=1S/C21H25BrN2O3/c1-4-11-23-20(25)16-7-5-6-8-18(16)24-21(26)17-12-15(22)9-10-19(17)27-13-14(2)3/h5-10,12,14H,4,11,13H2,1-3H3,(H,23,25)(H,24,26). The Morgan fingerprint density at radius 2 is 1.81 bits per heavy atom. The van der Waals surface area contributed by atoms with Crippen LogP contribution in [0.5, 0.6) is 5.75 Å². The van der Waals surface area contributed by atoms with Crippen molar-refractivity contribution in [3.8, 4) is 5.75 Å². The molecule has 0 fully saturated rings. The molecular weight excluding hydrogens is 408 g/mol. The van der Waals surface area contributed by atoms with Gasteiger partial charge in [-0.15, -0.1) is 0 Å². The zero-order chi connectivity index (χ0) is 19.8. The first-order valence-electron chi connectivity index (χ1n) is 9.03. The number of para-hydroxylation sites is 1. The number of carbonyl (C=O) groups excluding carboxylic acids is 2. The van der Waals surface area contributed by atoms with Crippen LogP contribution in [0.25, 0.3) is 0 Å². The number of ether oxygens (including phenoxy) is 1. The van der Waals surface area contributed by atoms with E-state index in [0.717, 1.165) is 10.9 Å². The van der Waals surface area contributed by atoms with Crippen LogP contribution >= 0.6 is 15.9 Å². The van der Waals surface area contributed by atoms with Crippen LogP contribution in [-0.2, 0) is 0 Å². The Bertz CT molecular complexity index is 806. The summed E-state index contributed by atoms with van der Waals surface area (Å²) in [7, 11) is 0. The van der Waals surface area contributed by atoms with E-state index < -0.39 is 0 Å². The fraction of sp³-hybridized carbons (Fsp3) is 0.333. The molecule has 2 amide bonds. The second kappa shape index (κ2) is 10.1. The van der Waals surface area contributed by atoms with E-state index in [-0.39, 0.29) is 11.8 Å². The summed E-state index contributed by atoms with van der Waals surface area (Å²) < 4.78 is 6.56. The largest absolute Gasteiger partial charge is 0.492 e. The Morgan fingerprint density at radius 1 is 1.07 bits per heavy atom. The first kappa shape index (κ1) is 21.0. The Morgan fingerprint density at radius 3 is 2.52 bits per heavy atom. The molecule has 6 heteroatoms. The minimum absolute atomic E-state index is 0.210. The average molecular weight is 433 g/mol. The number of benzene rings is 2. The van der Waals surface area contributed by atoms with Gasteiger partial charge in [0.2, 0.25) is 0 Å². The number of amides is 2. The fourth-order valence-electron chi connectivity index (χ4n) is 2.38. The highest BCUT2D eigenvalue weighted by atomic mass is 79.9. The van der Waals surface area contributed by atoms with Crippen LogP contribution in [0.15, 0.2) is 46.9 Å². The van der Waals surface area contributed by atoms with Crippen molar-refractivity contribution < 1.29 is 14.3 Å². The molecule has 0 aliphatic carbocycles. The van der Waals surface area contributed by atoms with Gasteiger partial charge in [0.25, 0.3) is 11.8 Å². The van der Waals surface area contributed by atoms with Gasteiger partial charge in [0.1, 0.15) is 5.75 Å². The van der Waals surface area contributed by atoms with Crippen molar-refractivity contribution in [1.29, 1.82) is 0 Å². The Hall–Kier alpha value is -2.34. The van der Waals surface area contributed by atoms with E-state index in [9.17, 15) is 9.59 Å². The van der Waals surface area contributed by atoms with E-state index in [1.807, 2.05) is 26.8 Å². The first-order valence-corrected chi connectivity index (χ1v) is 9.82. The van der Waals surface area contributed by atoms with Crippen LogP contribution in [0, 0.1) is 5.92 Å². The van der Waals surface area contributed by atoms with E-state index in [4.69, 9.17) is 4.74 Å². The molecule has 0 aliphatic heterocycles. The minimum Gasteiger partial charge on any atom is -0.492 e. The van der Waals surface area contributed by atoms with Crippen molar-refractivity contribution in [1.82, 2.24) is 5.32 Å². The lowest BCUT2D eigenvalue weighted by molar-refractivity contribution is 0.0954. The molecular formula is C21H25BrN2O3. The third kappa shape index (κ3) is 6.10. The van der Waals surface area contributed by atoms with Crippen LogP contribution in [0.4, 0.5) is 5.69 Å². The zero-order valence-corrected chi connectivity index (χ0v) is 17.4. The number of halogens is 1. The third-order valence-electron chi connectivity index (χ3n) is 3.71. The topological polar surface area (TPSA) is 67.4 Å². The predicted octanol–water partition coefficient (Wildman–Crippen LogP) is 4.88. The van der Waals surface area contributed by atoms with Gasteiger partial charge in [-0.1, -0.05) is 48.8 Å². The quantitative estimate of drug-likeness (QED) is 0.624. The number of rotatable bonds is 8. The summed E-state index contributed by atoms with van der Waals surface area (Å²) in [5.41, 5.74) is 1.30. The molecule has 0 aromatic heterocycles. The molecule has 2 aromatic rings. The lowest BCUT2D eigenvalue weighted by atomic mass is 10.1. The second-order valence-corrected chi connectivity index (χ2v) is 7.52. The summed E-state index contributed by atoms with van der Waals surface area (Å²) in [6.07, 6.45) is 0.842. The summed E-state index contributed by atoms with van der Waals surface area (Å²) in [6, 6.07) is 12.3. The number of carbonyl (C=O) groups is 2. The second-order valence-electron chi connectivity index (χ2n) is 6.60. The highest BCUT2D eigenvalue weighted by Gasteiger charge is 2.17. The number of hydrogen-bond acceptors (Lipinski definition) is 3. The van der Waals surface area contributed by atoms with Gasteiger partial charge in [0.05, 0.1) is 23.4 Å². The maximum atomic E-state index is 12.9. The number of nitrogens with one attached hydrogen (secondary N) is 2. The highest BCUT2D eigenvalue weighted by molar-refractivity contribution is 9.10. The van der Waals surface area contributed by atoms with Crippen molar-refractivity contribution >= 4 is 33.4 Å². The molecule has 2 N–H and O–H groups in total. The molecule has 0 bridgehead atoms.